The molecule has 0 aliphatic heterocycles. The Labute approximate surface area is 52.4 Å². The third-order valence-corrected chi connectivity index (χ3v) is 0. The Balaban J connectivity index is 0. The van der Waals surface area contributed by atoms with Crippen molar-refractivity contribution >= 4 is 27.9 Å². The van der Waals surface area contributed by atoms with E-state index in [4.69, 9.17) is 4.79 Å². The molecule has 0 fully saturated rings. The zero-order valence-corrected chi connectivity index (χ0v) is 6.85. The number of halogens is 2. The molecular weight excluding hydrogens is 164 g/mol. The van der Waals surface area contributed by atoms with E-state index in [0.29, 0.717) is 0 Å². The van der Waals surface area contributed by atoms with Crippen LogP contribution in [0.15, 0.2) is 0 Å². The minimum Gasteiger partial charge on any atom is -0.262 e. The summed E-state index contributed by atoms with van der Waals surface area (Å²) in [5.74, 6) is 0. The van der Waals surface area contributed by atoms with Crippen molar-refractivity contribution in [1.82, 2.24) is 0 Å². The molecule has 0 aromatic carbocycles. The van der Waals surface area contributed by atoms with Gasteiger partial charge in [-0.1, -0.05) is 0 Å². The van der Waals surface area contributed by atoms with Crippen LogP contribution in [0.2, 0.25) is 0 Å². The number of carbonyl (C=O) groups is 1. The van der Waals surface area contributed by atoms with Gasteiger partial charge >= 0.3 is 4.70 Å². The molecule has 4 heteroatoms. The van der Waals surface area contributed by atoms with E-state index in [1.165, 1.54) is 0 Å². The van der Waals surface area contributed by atoms with E-state index in [9.17, 15) is 0 Å². The molecule has 0 aliphatic rings. The molecule has 0 saturated carbocycles. The molecule has 0 amide bonds. The Hall–Kier alpha value is 0.873. The molecule has 1 nitrogen and oxygen atoms in total. The number of rotatable bonds is 0. The van der Waals surface area contributed by atoms with E-state index < -0.39 is 4.70 Å². The summed E-state index contributed by atoms with van der Waals surface area (Å²) < 4.78 is -0.889. The third-order valence-electron chi connectivity index (χ3n) is 0. The Morgan fingerprint density at radius 1 is 1.40 bits per heavy atom. The molecule has 0 aliphatic carbocycles. The zero-order chi connectivity index (χ0) is 3.58. The second-order valence-corrected chi connectivity index (χ2v) is 1.11. The maximum absolute atomic E-state index is 8.98. The summed E-state index contributed by atoms with van der Waals surface area (Å²) in [6, 6.07) is 0. The zero-order valence-electron chi connectivity index (χ0n) is 2.37. The van der Waals surface area contributed by atoms with Gasteiger partial charge in [-0.2, -0.15) is 0 Å². The average Bonchev–Trinajstić information content (AvgIpc) is 0.811. The molecule has 0 aromatic heterocycles. The van der Waals surface area contributed by atoms with E-state index in [2.05, 4.69) is 23.2 Å². The minimum absolute atomic E-state index is 0. The summed E-state index contributed by atoms with van der Waals surface area (Å²) in [5.41, 5.74) is 0. The molecule has 0 radical (unpaired) electrons. The van der Waals surface area contributed by atoms with E-state index in [1.54, 1.807) is 0 Å². The number of hydrogen-bond donors (Lipinski definition) is 0. The summed E-state index contributed by atoms with van der Waals surface area (Å²) >= 11 is 8.80. The Morgan fingerprint density at radius 3 is 1.40 bits per heavy atom. The molecule has 0 rings (SSSR count). The van der Waals surface area contributed by atoms with Gasteiger partial charge in [0.1, 0.15) is 0 Å². The predicted molar refractivity (Wildman–Crippen MR) is 17.1 cm³/mol. The predicted octanol–water partition coefficient (Wildman–Crippen LogP) is 1.58. The van der Waals surface area contributed by atoms with Crippen LogP contribution in [0.1, 0.15) is 0 Å². The second kappa shape index (κ2) is 4.87. The molecule has 0 atom stereocenters. The normalized spacial score (nSPS) is 5.20. The van der Waals surface area contributed by atoms with Crippen LogP contribution in [-0.2, 0) is 19.5 Å². The van der Waals surface area contributed by atoms with Crippen molar-refractivity contribution in [1.29, 1.82) is 0 Å². The van der Waals surface area contributed by atoms with Crippen LogP contribution in [0.25, 0.3) is 0 Å². The Bertz CT molecular complexity index is 32.6. The first kappa shape index (κ1) is 9.30. The van der Waals surface area contributed by atoms with Crippen LogP contribution in [-0.4, -0.2) is 4.70 Å². The molecular formula is CCl2OZn. The van der Waals surface area contributed by atoms with Crippen molar-refractivity contribution in [3.8, 4) is 0 Å². The van der Waals surface area contributed by atoms with Gasteiger partial charge in [0.05, 0.1) is 0 Å². The van der Waals surface area contributed by atoms with Crippen molar-refractivity contribution in [2.75, 3.05) is 0 Å². The summed E-state index contributed by atoms with van der Waals surface area (Å²) in [7, 11) is 0. The molecule has 26 valence electrons. The minimum atomic E-state index is -0.889. The summed E-state index contributed by atoms with van der Waals surface area (Å²) in [4.78, 5) is 8.98. The van der Waals surface area contributed by atoms with E-state index in [-0.39, 0.29) is 19.5 Å². The van der Waals surface area contributed by atoms with Gasteiger partial charge in [0.25, 0.3) is 0 Å². The first-order valence-electron chi connectivity index (χ1n) is 0.582. The van der Waals surface area contributed by atoms with Crippen molar-refractivity contribution in [3.63, 3.8) is 0 Å². The van der Waals surface area contributed by atoms with Gasteiger partial charge in [0.2, 0.25) is 0 Å². The van der Waals surface area contributed by atoms with Crippen LogP contribution in [0.4, 0.5) is 4.79 Å². The first-order chi connectivity index (χ1) is 1.73. The van der Waals surface area contributed by atoms with Gasteiger partial charge in [-0.15, -0.1) is 0 Å². The molecule has 0 N–H and O–H groups in total. The van der Waals surface area contributed by atoms with Crippen molar-refractivity contribution in [3.05, 3.63) is 0 Å². The fourth-order valence-electron chi connectivity index (χ4n) is 0. The SMILES string of the molecule is O=C(Cl)Cl.[Zn]. The van der Waals surface area contributed by atoms with Gasteiger partial charge < -0.3 is 0 Å². The summed E-state index contributed by atoms with van der Waals surface area (Å²) in [5, 5.41) is 0. The van der Waals surface area contributed by atoms with Gasteiger partial charge in [-0.3, -0.25) is 4.79 Å². The molecule has 0 aromatic rings. The molecule has 0 saturated heterocycles. The average molecular weight is 164 g/mol. The van der Waals surface area contributed by atoms with Gasteiger partial charge in [-0.05, 0) is 23.2 Å². The molecule has 0 spiro atoms. The van der Waals surface area contributed by atoms with Gasteiger partial charge in [0.15, 0.2) is 0 Å². The maximum atomic E-state index is 8.98. The van der Waals surface area contributed by atoms with Crippen LogP contribution in [0.3, 0.4) is 0 Å². The van der Waals surface area contributed by atoms with Crippen LogP contribution in [0, 0.1) is 0 Å². The molecule has 0 bridgehead atoms. The van der Waals surface area contributed by atoms with Crippen LogP contribution >= 0.6 is 23.2 Å². The largest absolute Gasteiger partial charge is 0.313 e. The summed E-state index contributed by atoms with van der Waals surface area (Å²) in [6.07, 6.45) is 0. The fourth-order valence-corrected chi connectivity index (χ4v) is 0. The molecule has 0 heterocycles. The smallest absolute Gasteiger partial charge is 0.262 e. The van der Waals surface area contributed by atoms with Gasteiger partial charge in [-0.25, -0.2) is 0 Å². The van der Waals surface area contributed by atoms with Crippen molar-refractivity contribution < 1.29 is 24.3 Å². The number of carbonyl (C=O) groups excluding carboxylic acids is 1. The maximum Gasteiger partial charge on any atom is 0.313 e. The first-order valence-corrected chi connectivity index (χ1v) is 1.34. The second-order valence-electron chi connectivity index (χ2n) is 0.226. The Kier molecular flexibility index (Phi) is 9.06. The summed E-state index contributed by atoms with van der Waals surface area (Å²) in [6.45, 7) is 0. The third kappa shape index (κ3) is 52.7. The van der Waals surface area contributed by atoms with Crippen molar-refractivity contribution in [2.24, 2.45) is 0 Å². The van der Waals surface area contributed by atoms with E-state index >= 15 is 0 Å². The van der Waals surface area contributed by atoms with Crippen LogP contribution < -0.4 is 0 Å². The fraction of sp³-hybridized carbons (Fsp3) is 0. The number of hydrogen-bond acceptors (Lipinski definition) is 1. The quantitative estimate of drug-likeness (QED) is 0.392. The van der Waals surface area contributed by atoms with E-state index in [1.807, 2.05) is 0 Å². The van der Waals surface area contributed by atoms with Crippen molar-refractivity contribution in [2.45, 2.75) is 0 Å². The molecule has 0 unspecified atom stereocenters. The van der Waals surface area contributed by atoms with Gasteiger partial charge in [0, 0.05) is 19.5 Å². The topological polar surface area (TPSA) is 17.1 Å². The Morgan fingerprint density at radius 2 is 1.40 bits per heavy atom. The standard InChI is InChI=1S/CCl2O.Zn/c2-1(3)4;. The van der Waals surface area contributed by atoms with Crippen LogP contribution in [0.5, 0.6) is 0 Å². The van der Waals surface area contributed by atoms with E-state index in [0.717, 1.165) is 0 Å². The molecule has 5 heavy (non-hydrogen) atoms. The monoisotopic (exact) mass is 162 g/mol.